The highest BCUT2D eigenvalue weighted by molar-refractivity contribution is 7.19. The van der Waals surface area contributed by atoms with E-state index in [1.54, 1.807) is 25.4 Å². The summed E-state index contributed by atoms with van der Waals surface area (Å²) in [6, 6.07) is 6.09. The molecule has 0 fully saturated rings. The molecule has 30 heavy (non-hydrogen) atoms. The van der Waals surface area contributed by atoms with Crippen LogP contribution < -0.4 is 10.1 Å². The van der Waals surface area contributed by atoms with Gasteiger partial charge in [-0.25, -0.2) is 14.8 Å². The molecule has 3 heterocycles. The second-order valence-corrected chi connectivity index (χ2v) is 8.53. The summed E-state index contributed by atoms with van der Waals surface area (Å²) in [7, 11) is 3.79. The van der Waals surface area contributed by atoms with E-state index >= 15 is 0 Å². The first kappa shape index (κ1) is 20.6. The van der Waals surface area contributed by atoms with Crippen molar-refractivity contribution in [2.24, 2.45) is 0 Å². The average molecular weight is 427 g/mol. The molecule has 0 spiro atoms. The predicted molar refractivity (Wildman–Crippen MR) is 118 cm³/mol. The van der Waals surface area contributed by atoms with Crippen LogP contribution in [0.5, 0.6) is 5.75 Å². The van der Waals surface area contributed by atoms with E-state index in [4.69, 9.17) is 9.47 Å². The van der Waals surface area contributed by atoms with Crippen molar-refractivity contribution >= 4 is 33.3 Å². The number of hydrogen-bond acceptors (Lipinski definition) is 8. The standard InChI is InChI=1S/C22H26N4O3S/c1-5-29-22(27)20-24-19(23-11-14-6-7-16(28-4)13(2)10-14)18-15-8-9-26(3)12-17(15)30-21(18)25-20/h6-7,10H,5,8-9,11-12H2,1-4H3,(H,23,24,25). The Balaban J connectivity index is 1.72. The SMILES string of the molecule is CCOC(=O)c1nc(NCc2ccc(OC)c(C)c2)c2c3c(sc2n1)CN(C)CC3. The van der Waals surface area contributed by atoms with Crippen molar-refractivity contribution in [2.75, 3.05) is 32.6 Å². The summed E-state index contributed by atoms with van der Waals surface area (Å²) < 4.78 is 10.5. The summed E-state index contributed by atoms with van der Waals surface area (Å²) in [5.74, 6) is 1.17. The first-order chi connectivity index (χ1) is 14.5. The van der Waals surface area contributed by atoms with Crippen molar-refractivity contribution in [2.45, 2.75) is 33.4 Å². The predicted octanol–water partition coefficient (Wildman–Crippen LogP) is 3.79. The van der Waals surface area contributed by atoms with Gasteiger partial charge in [-0.3, -0.25) is 0 Å². The molecule has 0 bridgehead atoms. The van der Waals surface area contributed by atoms with Gasteiger partial charge in [0, 0.05) is 24.5 Å². The molecule has 158 valence electrons. The fourth-order valence-electron chi connectivity index (χ4n) is 3.77. The highest BCUT2D eigenvalue weighted by Gasteiger charge is 2.24. The molecule has 7 nitrogen and oxygen atoms in total. The van der Waals surface area contributed by atoms with E-state index in [0.717, 1.165) is 46.6 Å². The summed E-state index contributed by atoms with van der Waals surface area (Å²) in [4.78, 5) is 25.8. The van der Waals surface area contributed by atoms with Crippen LogP contribution in [0.3, 0.4) is 0 Å². The van der Waals surface area contributed by atoms with Gasteiger partial charge in [0.25, 0.3) is 0 Å². The quantitative estimate of drug-likeness (QED) is 0.601. The Bertz CT molecular complexity index is 1100. The number of nitrogens with one attached hydrogen (secondary N) is 1. The molecule has 4 rings (SSSR count). The van der Waals surface area contributed by atoms with E-state index in [-0.39, 0.29) is 5.82 Å². The van der Waals surface area contributed by atoms with Crippen LogP contribution in [0.15, 0.2) is 18.2 Å². The molecule has 0 radical (unpaired) electrons. The van der Waals surface area contributed by atoms with Crippen LogP contribution in [0.2, 0.25) is 0 Å². The van der Waals surface area contributed by atoms with Crippen LogP contribution in [0.25, 0.3) is 10.2 Å². The Morgan fingerprint density at radius 1 is 1.33 bits per heavy atom. The number of fused-ring (bicyclic) bond motifs is 3. The van der Waals surface area contributed by atoms with Crippen LogP contribution in [-0.4, -0.2) is 48.1 Å². The minimum atomic E-state index is -0.494. The first-order valence-corrected chi connectivity index (χ1v) is 10.9. The van der Waals surface area contributed by atoms with Gasteiger partial charge in [-0.15, -0.1) is 11.3 Å². The summed E-state index contributed by atoms with van der Waals surface area (Å²) in [5, 5.41) is 4.48. The second kappa shape index (κ2) is 8.57. The van der Waals surface area contributed by atoms with Gasteiger partial charge in [-0.05, 0) is 50.1 Å². The Morgan fingerprint density at radius 3 is 2.90 bits per heavy atom. The number of likely N-dealkylation sites (N-methyl/N-ethyl adjacent to an activating group) is 1. The molecule has 0 amide bonds. The number of hydrogen-bond donors (Lipinski definition) is 1. The Kier molecular flexibility index (Phi) is 5.87. The van der Waals surface area contributed by atoms with Crippen LogP contribution in [0.1, 0.15) is 39.1 Å². The third-order valence-electron chi connectivity index (χ3n) is 5.27. The molecule has 0 aliphatic carbocycles. The van der Waals surface area contributed by atoms with Crippen LogP contribution >= 0.6 is 11.3 Å². The molecule has 1 N–H and O–H groups in total. The third-order valence-corrected chi connectivity index (χ3v) is 6.38. The molecule has 1 aliphatic heterocycles. The number of thiophene rings is 1. The highest BCUT2D eigenvalue weighted by Crippen LogP contribution is 2.37. The lowest BCUT2D eigenvalue weighted by atomic mass is 10.1. The molecule has 8 heteroatoms. The van der Waals surface area contributed by atoms with E-state index < -0.39 is 5.97 Å². The molecule has 0 unspecified atom stereocenters. The van der Waals surface area contributed by atoms with Gasteiger partial charge >= 0.3 is 5.97 Å². The molecule has 3 aromatic rings. The molecule has 0 atom stereocenters. The zero-order valence-corrected chi connectivity index (χ0v) is 18.6. The van der Waals surface area contributed by atoms with Crippen molar-refractivity contribution in [1.82, 2.24) is 14.9 Å². The molecule has 1 aliphatic rings. The number of carbonyl (C=O) groups is 1. The van der Waals surface area contributed by atoms with Gasteiger partial charge < -0.3 is 19.7 Å². The average Bonchev–Trinajstić information content (AvgIpc) is 3.09. The van der Waals surface area contributed by atoms with Gasteiger partial charge in [-0.1, -0.05) is 12.1 Å². The van der Waals surface area contributed by atoms with Crippen LogP contribution in [0.4, 0.5) is 5.82 Å². The van der Waals surface area contributed by atoms with Crippen molar-refractivity contribution in [1.29, 1.82) is 0 Å². The maximum Gasteiger partial charge on any atom is 0.376 e. The number of esters is 1. The van der Waals surface area contributed by atoms with Crippen molar-refractivity contribution in [3.05, 3.63) is 45.6 Å². The van der Waals surface area contributed by atoms with Gasteiger partial charge in [-0.2, -0.15) is 0 Å². The number of aryl methyl sites for hydroxylation is 1. The van der Waals surface area contributed by atoms with Crippen molar-refractivity contribution in [3.63, 3.8) is 0 Å². The Labute approximate surface area is 180 Å². The van der Waals surface area contributed by atoms with Crippen molar-refractivity contribution in [3.8, 4) is 5.75 Å². The lowest BCUT2D eigenvalue weighted by Gasteiger charge is -2.22. The molecular weight excluding hydrogens is 400 g/mol. The number of ether oxygens (including phenoxy) is 2. The van der Waals surface area contributed by atoms with E-state index in [9.17, 15) is 4.79 Å². The molecule has 0 saturated heterocycles. The van der Waals surface area contributed by atoms with E-state index in [0.29, 0.717) is 19.0 Å². The number of anilines is 1. The zero-order chi connectivity index (χ0) is 21.3. The summed E-state index contributed by atoms with van der Waals surface area (Å²) in [6.07, 6.45) is 0.949. The lowest BCUT2D eigenvalue weighted by Crippen LogP contribution is -2.25. The first-order valence-electron chi connectivity index (χ1n) is 10.1. The van der Waals surface area contributed by atoms with Gasteiger partial charge in [0.2, 0.25) is 5.82 Å². The number of rotatable bonds is 6. The monoisotopic (exact) mass is 426 g/mol. The third kappa shape index (κ3) is 3.97. The van der Waals surface area contributed by atoms with Crippen molar-refractivity contribution < 1.29 is 14.3 Å². The van der Waals surface area contributed by atoms with Gasteiger partial charge in [0.1, 0.15) is 16.4 Å². The van der Waals surface area contributed by atoms with Gasteiger partial charge in [0.15, 0.2) is 0 Å². The van der Waals surface area contributed by atoms with E-state index in [2.05, 4.69) is 33.3 Å². The Morgan fingerprint density at radius 2 is 2.17 bits per heavy atom. The largest absolute Gasteiger partial charge is 0.496 e. The summed E-state index contributed by atoms with van der Waals surface area (Å²) in [5.41, 5.74) is 3.48. The fourth-order valence-corrected chi connectivity index (χ4v) is 5.07. The summed E-state index contributed by atoms with van der Waals surface area (Å²) in [6.45, 7) is 6.57. The Hall–Kier alpha value is -2.71. The minimum absolute atomic E-state index is 0.102. The van der Waals surface area contributed by atoms with E-state index in [1.807, 2.05) is 19.1 Å². The van der Waals surface area contributed by atoms with E-state index in [1.165, 1.54) is 10.4 Å². The van der Waals surface area contributed by atoms with Gasteiger partial charge in [0.05, 0.1) is 19.1 Å². The number of carbonyl (C=O) groups excluding carboxylic acids is 1. The maximum absolute atomic E-state index is 12.3. The molecule has 1 aromatic carbocycles. The number of benzene rings is 1. The lowest BCUT2D eigenvalue weighted by molar-refractivity contribution is 0.0512. The number of methoxy groups -OCH3 is 1. The molecule has 2 aromatic heterocycles. The zero-order valence-electron chi connectivity index (χ0n) is 17.7. The topological polar surface area (TPSA) is 76.6 Å². The van der Waals surface area contributed by atoms with Crippen LogP contribution in [-0.2, 0) is 24.2 Å². The normalized spacial score (nSPS) is 13.9. The minimum Gasteiger partial charge on any atom is -0.496 e. The fraction of sp³-hybridized carbons (Fsp3) is 0.409. The van der Waals surface area contributed by atoms with Crippen LogP contribution in [0, 0.1) is 6.92 Å². The molecular formula is C22H26N4O3S. The summed E-state index contributed by atoms with van der Waals surface area (Å²) >= 11 is 1.64. The highest BCUT2D eigenvalue weighted by atomic mass is 32.1. The number of nitrogens with zero attached hydrogens (tertiary/aromatic N) is 3. The maximum atomic E-state index is 12.3. The second-order valence-electron chi connectivity index (χ2n) is 7.45. The molecule has 0 saturated carbocycles. The number of aromatic nitrogens is 2. The smallest absolute Gasteiger partial charge is 0.376 e.